The van der Waals surface area contributed by atoms with E-state index in [-0.39, 0.29) is 6.04 Å². The zero-order valence-electron chi connectivity index (χ0n) is 14.4. The highest BCUT2D eigenvalue weighted by atomic mass is 16.6. The molecule has 0 aliphatic rings. The van der Waals surface area contributed by atoms with Crippen molar-refractivity contribution in [1.29, 1.82) is 0 Å². The number of hydrogen-bond acceptors (Lipinski definition) is 3. The van der Waals surface area contributed by atoms with Gasteiger partial charge in [-0.15, -0.1) is 0 Å². The number of aryl methyl sites for hydroxylation is 1. The first kappa shape index (κ1) is 17.0. The second-order valence-corrected chi connectivity index (χ2v) is 6.63. The van der Waals surface area contributed by atoms with Gasteiger partial charge in [0.1, 0.15) is 11.4 Å². The molecule has 0 N–H and O–H groups in total. The van der Waals surface area contributed by atoms with Crippen LogP contribution in [0.5, 0.6) is 0 Å². The Balaban J connectivity index is 2.41. The molecular weight excluding hydrogens is 288 g/mol. The molecule has 2 rings (SSSR count). The molecule has 0 aliphatic carbocycles. The van der Waals surface area contributed by atoms with Crippen molar-refractivity contribution in [3.63, 3.8) is 0 Å². The number of carbonyl (C=O) groups excluding carboxylic acids is 1. The van der Waals surface area contributed by atoms with E-state index in [4.69, 9.17) is 4.74 Å². The van der Waals surface area contributed by atoms with Crippen LogP contribution in [0.2, 0.25) is 0 Å². The summed E-state index contributed by atoms with van der Waals surface area (Å²) >= 11 is 0. The summed E-state index contributed by atoms with van der Waals surface area (Å²) in [5.74, 6) is 0.593. The lowest BCUT2D eigenvalue weighted by molar-refractivity contribution is 0.0566. The molecule has 0 radical (unpaired) electrons. The van der Waals surface area contributed by atoms with Crippen LogP contribution in [0, 0.1) is 6.92 Å². The Morgan fingerprint density at radius 2 is 1.83 bits per heavy atom. The molecule has 0 bridgehead atoms. The number of nitrogens with zero attached hydrogens (tertiary/aromatic N) is 2. The van der Waals surface area contributed by atoms with Crippen molar-refractivity contribution in [2.75, 3.05) is 4.90 Å². The van der Waals surface area contributed by atoms with Gasteiger partial charge >= 0.3 is 6.09 Å². The van der Waals surface area contributed by atoms with Crippen LogP contribution in [0.3, 0.4) is 0 Å². The fourth-order valence-corrected chi connectivity index (χ4v) is 2.29. The molecule has 0 spiro atoms. The number of hydrogen-bond donors (Lipinski definition) is 0. The lowest BCUT2D eigenvalue weighted by Crippen LogP contribution is -2.39. The van der Waals surface area contributed by atoms with Crippen LogP contribution in [0.15, 0.2) is 48.7 Å². The van der Waals surface area contributed by atoms with E-state index in [1.165, 1.54) is 0 Å². The summed E-state index contributed by atoms with van der Waals surface area (Å²) in [5.41, 5.74) is 1.51. The molecule has 1 heterocycles. The largest absolute Gasteiger partial charge is 0.443 e. The molecule has 2 aromatic rings. The predicted octanol–water partition coefficient (Wildman–Crippen LogP) is 4.89. The number of ether oxygens (including phenoxy) is 1. The fourth-order valence-electron chi connectivity index (χ4n) is 2.29. The molecule has 122 valence electrons. The SMILES string of the molecule is Cc1ccnc(N(C(=O)OC(C)(C)C)[C@H](C)c2ccccc2)c1. The highest BCUT2D eigenvalue weighted by Gasteiger charge is 2.29. The van der Waals surface area contributed by atoms with Crippen molar-refractivity contribution in [1.82, 2.24) is 4.98 Å². The smallest absolute Gasteiger partial charge is 0.416 e. The molecule has 1 aromatic carbocycles. The summed E-state index contributed by atoms with van der Waals surface area (Å²) in [6.45, 7) is 9.54. The Morgan fingerprint density at radius 1 is 1.17 bits per heavy atom. The molecule has 4 nitrogen and oxygen atoms in total. The van der Waals surface area contributed by atoms with Crippen LogP contribution in [-0.4, -0.2) is 16.7 Å². The van der Waals surface area contributed by atoms with Crippen molar-refractivity contribution >= 4 is 11.9 Å². The molecule has 23 heavy (non-hydrogen) atoms. The van der Waals surface area contributed by atoms with Gasteiger partial charge in [0.2, 0.25) is 0 Å². The van der Waals surface area contributed by atoms with Crippen molar-refractivity contribution < 1.29 is 9.53 Å². The van der Waals surface area contributed by atoms with Gasteiger partial charge in [-0.25, -0.2) is 9.78 Å². The molecule has 1 amide bonds. The van der Waals surface area contributed by atoms with E-state index in [1.807, 2.05) is 77.1 Å². The number of pyridine rings is 1. The molecular formula is C19H24N2O2. The van der Waals surface area contributed by atoms with Gasteiger partial charge in [0.05, 0.1) is 6.04 Å². The van der Waals surface area contributed by atoms with Crippen LogP contribution < -0.4 is 4.90 Å². The maximum atomic E-state index is 12.7. The first-order valence-electron chi connectivity index (χ1n) is 7.78. The summed E-state index contributed by atoms with van der Waals surface area (Å²) in [7, 11) is 0. The molecule has 0 fully saturated rings. The van der Waals surface area contributed by atoms with Crippen LogP contribution in [-0.2, 0) is 4.74 Å². The van der Waals surface area contributed by atoms with Crippen LogP contribution in [0.1, 0.15) is 44.9 Å². The Bertz CT molecular complexity index is 663. The first-order chi connectivity index (χ1) is 10.8. The number of carbonyl (C=O) groups is 1. The van der Waals surface area contributed by atoms with E-state index in [1.54, 1.807) is 11.1 Å². The Hall–Kier alpha value is -2.36. The second-order valence-electron chi connectivity index (χ2n) is 6.63. The number of aromatic nitrogens is 1. The van der Waals surface area contributed by atoms with Crippen molar-refractivity contribution in [3.8, 4) is 0 Å². The first-order valence-corrected chi connectivity index (χ1v) is 7.78. The van der Waals surface area contributed by atoms with Gasteiger partial charge in [0, 0.05) is 6.20 Å². The van der Waals surface area contributed by atoms with E-state index in [2.05, 4.69) is 4.98 Å². The van der Waals surface area contributed by atoms with Gasteiger partial charge < -0.3 is 4.74 Å². The van der Waals surface area contributed by atoms with Gasteiger partial charge in [-0.2, -0.15) is 0 Å². The average Bonchev–Trinajstić information content (AvgIpc) is 2.46. The zero-order valence-corrected chi connectivity index (χ0v) is 14.4. The fraction of sp³-hybridized carbons (Fsp3) is 0.368. The minimum absolute atomic E-state index is 0.180. The molecule has 0 saturated carbocycles. The summed E-state index contributed by atoms with van der Waals surface area (Å²) in [6.07, 6.45) is 1.31. The molecule has 0 saturated heterocycles. The Kier molecular flexibility index (Phi) is 5.04. The van der Waals surface area contributed by atoms with E-state index in [0.29, 0.717) is 5.82 Å². The van der Waals surface area contributed by atoms with Crippen LogP contribution >= 0.6 is 0 Å². The van der Waals surface area contributed by atoms with Gasteiger partial charge in [-0.05, 0) is 57.9 Å². The average molecular weight is 312 g/mol. The molecule has 4 heteroatoms. The normalized spacial score (nSPS) is 12.6. The van der Waals surface area contributed by atoms with Gasteiger partial charge in [-0.3, -0.25) is 4.90 Å². The monoisotopic (exact) mass is 312 g/mol. The highest BCUT2D eigenvalue weighted by molar-refractivity contribution is 5.87. The topological polar surface area (TPSA) is 42.4 Å². The summed E-state index contributed by atoms with van der Waals surface area (Å²) < 4.78 is 5.58. The maximum Gasteiger partial charge on any atom is 0.416 e. The second kappa shape index (κ2) is 6.82. The highest BCUT2D eigenvalue weighted by Crippen LogP contribution is 2.28. The number of rotatable bonds is 3. The Morgan fingerprint density at radius 3 is 2.39 bits per heavy atom. The third-order valence-corrected chi connectivity index (χ3v) is 3.41. The lowest BCUT2D eigenvalue weighted by Gasteiger charge is -2.31. The minimum atomic E-state index is -0.560. The van der Waals surface area contributed by atoms with E-state index in [0.717, 1.165) is 11.1 Å². The standard InChI is InChI=1S/C19H24N2O2/c1-14-11-12-20-17(13-14)21(18(22)23-19(3,4)5)15(2)16-9-7-6-8-10-16/h6-13,15H,1-5H3/t15-/m1/s1. The summed E-state index contributed by atoms with van der Waals surface area (Å²) in [4.78, 5) is 18.7. The molecule has 1 aromatic heterocycles. The van der Waals surface area contributed by atoms with E-state index < -0.39 is 11.7 Å². The van der Waals surface area contributed by atoms with Gasteiger partial charge in [-0.1, -0.05) is 30.3 Å². The van der Waals surface area contributed by atoms with E-state index in [9.17, 15) is 4.79 Å². The van der Waals surface area contributed by atoms with Crippen molar-refractivity contribution in [2.45, 2.75) is 46.3 Å². The maximum absolute atomic E-state index is 12.7. The van der Waals surface area contributed by atoms with E-state index >= 15 is 0 Å². The third kappa shape index (κ3) is 4.55. The molecule has 1 atom stereocenters. The predicted molar refractivity (Wildman–Crippen MR) is 92.5 cm³/mol. The zero-order chi connectivity index (χ0) is 17.0. The Labute approximate surface area is 138 Å². The number of anilines is 1. The van der Waals surface area contributed by atoms with Crippen LogP contribution in [0.25, 0.3) is 0 Å². The van der Waals surface area contributed by atoms with Crippen LogP contribution in [0.4, 0.5) is 10.6 Å². The molecule has 0 aliphatic heterocycles. The van der Waals surface area contributed by atoms with Crippen molar-refractivity contribution in [2.24, 2.45) is 0 Å². The number of benzene rings is 1. The molecule has 0 unspecified atom stereocenters. The number of amides is 1. The lowest BCUT2D eigenvalue weighted by atomic mass is 10.1. The van der Waals surface area contributed by atoms with Gasteiger partial charge in [0.15, 0.2) is 0 Å². The third-order valence-electron chi connectivity index (χ3n) is 3.41. The quantitative estimate of drug-likeness (QED) is 0.810. The summed E-state index contributed by atoms with van der Waals surface area (Å²) in [5, 5.41) is 0. The van der Waals surface area contributed by atoms with Crippen molar-refractivity contribution in [3.05, 3.63) is 59.8 Å². The van der Waals surface area contributed by atoms with Gasteiger partial charge in [0.25, 0.3) is 0 Å². The summed E-state index contributed by atoms with van der Waals surface area (Å²) in [6, 6.07) is 13.5. The minimum Gasteiger partial charge on any atom is -0.443 e.